The van der Waals surface area contributed by atoms with Crippen LogP contribution >= 0.6 is 0 Å². The molecule has 0 amide bonds. The molecule has 1 aliphatic rings. The molecule has 0 unspecified atom stereocenters. The fourth-order valence-corrected chi connectivity index (χ4v) is 3.47. The van der Waals surface area contributed by atoms with E-state index >= 15 is 0 Å². The Morgan fingerprint density at radius 2 is 1.71 bits per heavy atom. The zero-order valence-electron chi connectivity index (χ0n) is 19.1. The van der Waals surface area contributed by atoms with E-state index in [9.17, 15) is 40.2 Å². The largest absolute Gasteiger partial charge is 0.467 e. The molecule has 0 aromatic heterocycles. The highest BCUT2D eigenvalue weighted by atomic mass is 16.7. The molecule has 1 aliphatic heterocycles. The molecule has 0 spiro atoms. The van der Waals surface area contributed by atoms with Gasteiger partial charge in [-0.25, -0.2) is 9.59 Å². The molecule has 7 atom stereocenters. The first-order valence-electron chi connectivity index (χ1n) is 10.7. The summed E-state index contributed by atoms with van der Waals surface area (Å²) in [5, 5.41) is 59.7. The lowest BCUT2D eigenvalue weighted by atomic mass is 9.87. The Balaban J connectivity index is 2.02. The normalized spacial score (nSPS) is 27.5. The molecule has 1 heterocycles. The second-order valence-corrected chi connectivity index (χ2v) is 8.48. The summed E-state index contributed by atoms with van der Waals surface area (Å²) in [4.78, 5) is 24.2. The molecular formula is C22H32O12. The van der Waals surface area contributed by atoms with Crippen molar-refractivity contribution in [1.82, 2.24) is 0 Å². The third kappa shape index (κ3) is 6.42. The van der Waals surface area contributed by atoms with E-state index in [1.54, 1.807) is 13.8 Å². The summed E-state index contributed by atoms with van der Waals surface area (Å²) in [5.41, 5.74) is -2.03. The van der Waals surface area contributed by atoms with Gasteiger partial charge in [-0.05, 0) is 30.0 Å². The average molecular weight is 488 g/mol. The monoisotopic (exact) mass is 488 g/mol. The number of ether oxygens (including phenoxy) is 4. The van der Waals surface area contributed by atoms with Gasteiger partial charge in [-0.15, -0.1) is 0 Å². The van der Waals surface area contributed by atoms with Crippen molar-refractivity contribution in [2.75, 3.05) is 13.7 Å². The number of methoxy groups -OCH3 is 1. The Bertz CT molecular complexity index is 811. The van der Waals surface area contributed by atoms with Gasteiger partial charge in [0.2, 0.25) is 6.29 Å². The third-order valence-electron chi connectivity index (χ3n) is 5.34. The maximum atomic E-state index is 12.5. The predicted molar refractivity (Wildman–Crippen MR) is 113 cm³/mol. The van der Waals surface area contributed by atoms with E-state index in [4.69, 9.17) is 14.2 Å². The Morgan fingerprint density at radius 3 is 2.24 bits per heavy atom. The molecule has 0 saturated carbocycles. The van der Waals surface area contributed by atoms with E-state index in [1.807, 2.05) is 0 Å². The van der Waals surface area contributed by atoms with E-state index < -0.39 is 61.0 Å². The van der Waals surface area contributed by atoms with E-state index in [-0.39, 0.29) is 24.7 Å². The summed E-state index contributed by atoms with van der Waals surface area (Å²) in [6.45, 7) is 2.49. The number of esters is 2. The number of rotatable bonds is 10. The highest BCUT2D eigenvalue weighted by Gasteiger charge is 2.49. The number of carbonyl (C=O) groups is 2. The molecule has 0 bridgehead atoms. The number of aliphatic hydroxyl groups is 6. The summed E-state index contributed by atoms with van der Waals surface area (Å²) >= 11 is 0. The van der Waals surface area contributed by atoms with E-state index in [0.29, 0.717) is 5.56 Å². The fourth-order valence-electron chi connectivity index (χ4n) is 3.47. The number of aliphatic hydroxyl groups excluding tert-OH is 5. The molecule has 1 aromatic rings. The van der Waals surface area contributed by atoms with Gasteiger partial charge in [-0.1, -0.05) is 26.0 Å². The highest BCUT2D eigenvalue weighted by molar-refractivity contribution is 5.89. The zero-order valence-corrected chi connectivity index (χ0v) is 19.1. The van der Waals surface area contributed by atoms with Crippen molar-refractivity contribution >= 4 is 11.9 Å². The second-order valence-electron chi connectivity index (χ2n) is 8.48. The number of hydrogen-bond acceptors (Lipinski definition) is 12. The molecular weight excluding hydrogens is 456 g/mol. The highest BCUT2D eigenvalue weighted by Crippen LogP contribution is 2.26. The second kappa shape index (κ2) is 11.9. The van der Waals surface area contributed by atoms with Gasteiger partial charge in [0.25, 0.3) is 0 Å². The predicted octanol–water partition coefficient (Wildman–Crippen LogP) is -1.78. The Hall–Kier alpha value is -2.32. The molecule has 0 aliphatic carbocycles. The van der Waals surface area contributed by atoms with Gasteiger partial charge < -0.3 is 49.6 Å². The molecule has 1 saturated heterocycles. The van der Waals surface area contributed by atoms with Crippen molar-refractivity contribution in [3.8, 4) is 5.75 Å². The lowest BCUT2D eigenvalue weighted by Gasteiger charge is -2.39. The summed E-state index contributed by atoms with van der Waals surface area (Å²) in [7, 11) is 1.01. The van der Waals surface area contributed by atoms with Crippen LogP contribution < -0.4 is 4.74 Å². The molecule has 192 valence electrons. The van der Waals surface area contributed by atoms with Crippen molar-refractivity contribution in [1.29, 1.82) is 0 Å². The van der Waals surface area contributed by atoms with Gasteiger partial charge in [0.15, 0.2) is 11.7 Å². The Morgan fingerprint density at radius 1 is 1.09 bits per heavy atom. The number of benzene rings is 1. The van der Waals surface area contributed by atoms with Crippen LogP contribution in [-0.4, -0.2) is 98.7 Å². The molecule has 12 nitrogen and oxygen atoms in total. The molecule has 6 N–H and O–H groups in total. The van der Waals surface area contributed by atoms with Gasteiger partial charge in [0.1, 0.15) is 36.8 Å². The molecule has 12 heteroatoms. The minimum atomic E-state index is -2.49. The summed E-state index contributed by atoms with van der Waals surface area (Å²) < 4.78 is 20.3. The van der Waals surface area contributed by atoms with Crippen molar-refractivity contribution in [2.45, 2.75) is 69.3 Å². The minimum Gasteiger partial charge on any atom is -0.467 e. The van der Waals surface area contributed by atoms with Crippen LogP contribution in [0.2, 0.25) is 0 Å². The average Bonchev–Trinajstić information content (AvgIpc) is 2.82. The quantitative estimate of drug-likeness (QED) is 0.203. The Kier molecular flexibility index (Phi) is 9.76. The van der Waals surface area contributed by atoms with Crippen molar-refractivity contribution in [2.24, 2.45) is 5.92 Å². The van der Waals surface area contributed by atoms with Crippen molar-refractivity contribution in [3.05, 3.63) is 29.8 Å². The lowest BCUT2D eigenvalue weighted by Crippen LogP contribution is -2.60. The molecule has 1 aromatic carbocycles. The van der Waals surface area contributed by atoms with Crippen LogP contribution in [0.25, 0.3) is 0 Å². The topological polar surface area (TPSA) is 192 Å². The van der Waals surface area contributed by atoms with Gasteiger partial charge in [-0.2, -0.15) is 0 Å². The first-order valence-corrected chi connectivity index (χ1v) is 10.7. The number of carbonyl (C=O) groups excluding carboxylic acids is 2. The van der Waals surface area contributed by atoms with Crippen molar-refractivity contribution < 1.29 is 59.2 Å². The van der Waals surface area contributed by atoms with Crippen LogP contribution in [-0.2, 0) is 30.4 Å². The van der Waals surface area contributed by atoms with Crippen LogP contribution in [0.3, 0.4) is 0 Å². The standard InChI is InChI=1S/C22H32O12/c1-11(2)8-22(30,18(27)19(28)31-3)21(29)32-10-12-4-6-13(7-5-12)33-20-17(26)16(25)15(24)14(9-23)34-20/h4-7,11,14-18,20,23-27,30H,8-10H2,1-3H3/t14-,15-,16+,17-,18-,20-,22-/m1/s1. The van der Waals surface area contributed by atoms with Crippen LogP contribution in [0.4, 0.5) is 0 Å². The SMILES string of the molecule is COC(=O)[C@@H](O)[C@](O)(CC(C)C)C(=O)OCc1ccc(O[C@@H]2O[C@H](CO)[C@@H](O)[C@H](O)[C@H]2O)cc1. The van der Waals surface area contributed by atoms with Crippen molar-refractivity contribution in [3.63, 3.8) is 0 Å². The lowest BCUT2D eigenvalue weighted by molar-refractivity contribution is -0.277. The number of hydrogen-bond donors (Lipinski definition) is 6. The minimum absolute atomic E-state index is 0.205. The van der Waals surface area contributed by atoms with E-state index in [1.165, 1.54) is 24.3 Å². The van der Waals surface area contributed by atoms with E-state index in [2.05, 4.69) is 4.74 Å². The van der Waals surface area contributed by atoms with Gasteiger partial charge in [-0.3, -0.25) is 0 Å². The molecule has 2 rings (SSSR count). The van der Waals surface area contributed by atoms with Crippen LogP contribution in [0, 0.1) is 5.92 Å². The van der Waals surface area contributed by atoms with Gasteiger partial charge >= 0.3 is 11.9 Å². The summed E-state index contributed by atoms with van der Waals surface area (Å²) in [6, 6.07) is 5.91. The fraction of sp³-hybridized carbons (Fsp3) is 0.636. The van der Waals surface area contributed by atoms with Crippen LogP contribution in [0.1, 0.15) is 25.8 Å². The van der Waals surface area contributed by atoms with E-state index in [0.717, 1.165) is 7.11 Å². The smallest absolute Gasteiger partial charge is 0.341 e. The van der Waals surface area contributed by atoms with Gasteiger partial charge in [0.05, 0.1) is 13.7 Å². The summed E-state index contributed by atoms with van der Waals surface area (Å²) in [6.07, 6.45) is -9.51. The van der Waals surface area contributed by atoms with Gasteiger partial charge in [0, 0.05) is 0 Å². The van der Waals surface area contributed by atoms with Crippen LogP contribution in [0.15, 0.2) is 24.3 Å². The molecule has 1 fully saturated rings. The third-order valence-corrected chi connectivity index (χ3v) is 5.34. The summed E-state index contributed by atoms with van der Waals surface area (Å²) in [5.74, 6) is -2.41. The first-order chi connectivity index (χ1) is 15.9. The molecule has 0 radical (unpaired) electrons. The van der Waals surface area contributed by atoms with Crippen LogP contribution in [0.5, 0.6) is 5.75 Å². The zero-order chi connectivity index (χ0) is 25.6. The Labute approximate surface area is 196 Å². The first kappa shape index (κ1) is 27.9. The maximum Gasteiger partial charge on any atom is 0.341 e. The maximum absolute atomic E-state index is 12.5. The molecule has 34 heavy (non-hydrogen) atoms.